The first-order chi connectivity index (χ1) is 10.3. The summed E-state index contributed by atoms with van der Waals surface area (Å²) in [6.45, 7) is 1.80. The van der Waals surface area contributed by atoms with Gasteiger partial charge in [-0.15, -0.1) is 11.3 Å². The third-order valence-corrected chi connectivity index (χ3v) is 3.33. The van der Waals surface area contributed by atoms with Crippen LogP contribution in [0.2, 0.25) is 0 Å². The highest BCUT2D eigenvalue weighted by molar-refractivity contribution is 7.09. The molecule has 0 radical (unpaired) electrons. The van der Waals surface area contributed by atoms with Gasteiger partial charge >= 0.3 is 6.18 Å². The molecule has 10 heteroatoms. The second-order valence-electron chi connectivity index (χ2n) is 4.15. The normalized spacial score (nSPS) is 11.8. The lowest BCUT2D eigenvalue weighted by atomic mass is 10.1. The topological polar surface area (TPSA) is 80.4 Å². The summed E-state index contributed by atoms with van der Waals surface area (Å²) in [5, 5.41) is 17.2. The standard InChI is InChI=1S/C12H9F3N4O2S/c1-7-17-9(6-22-7)5-16-18-10-3-2-8(12(13,14)15)4-11(10)19(20)21/h2-6,18H,1H3/b16-5-. The zero-order valence-corrected chi connectivity index (χ0v) is 11.9. The quantitative estimate of drug-likeness (QED) is 0.525. The van der Waals surface area contributed by atoms with Crippen LogP contribution in [0.5, 0.6) is 0 Å². The van der Waals surface area contributed by atoms with Gasteiger partial charge in [0.2, 0.25) is 0 Å². The molecule has 6 nitrogen and oxygen atoms in total. The van der Waals surface area contributed by atoms with Crippen LogP contribution in [0, 0.1) is 17.0 Å². The molecule has 0 aliphatic carbocycles. The van der Waals surface area contributed by atoms with Gasteiger partial charge in [-0.2, -0.15) is 18.3 Å². The van der Waals surface area contributed by atoms with Crippen molar-refractivity contribution in [1.82, 2.24) is 4.98 Å². The highest BCUT2D eigenvalue weighted by Crippen LogP contribution is 2.34. The fourth-order valence-electron chi connectivity index (χ4n) is 1.56. The number of hydrazone groups is 1. The van der Waals surface area contributed by atoms with E-state index in [1.807, 2.05) is 0 Å². The maximum atomic E-state index is 12.6. The molecule has 0 fully saturated rings. The Balaban J connectivity index is 2.23. The van der Waals surface area contributed by atoms with E-state index in [9.17, 15) is 23.3 Å². The molecule has 0 saturated carbocycles. The Morgan fingerprint density at radius 1 is 1.45 bits per heavy atom. The van der Waals surface area contributed by atoms with E-state index in [4.69, 9.17) is 0 Å². The van der Waals surface area contributed by atoms with Crippen molar-refractivity contribution in [2.75, 3.05) is 5.43 Å². The van der Waals surface area contributed by atoms with E-state index in [-0.39, 0.29) is 5.69 Å². The number of rotatable bonds is 4. The third kappa shape index (κ3) is 3.79. The van der Waals surface area contributed by atoms with Crippen molar-refractivity contribution in [3.05, 3.63) is 50.0 Å². The Labute approximate surface area is 126 Å². The maximum absolute atomic E-state index is 12.6. The predicted octanol–water partition coefficient (Wildman–Crippen LogP) is 3.82. The number of hydrogen-bond donors (Lipinski definition) is 1. The molecule has 22 heavy (non-hydrogen) atoms. The SMILES string of the molecule is Cc1nc(/C=N\Nc2ccc(C(F)(F)F)cc2[N+](=O)[O-])cs1. The number of anilines is 1. The number of aryl methyl sites for hydroxylation is 1. The summed E-state index contributed by atoms with van der Waals surface area (Å²) in [5.41, 5.74) is 0.964. The van der Waals surface area contributed by atoms with E-state index >= 15 is 0 Å². The van der Waals surface area contributed by atoms with Crippen molar-refractivity contribution in [1.29, 1.82) is 0 Å². The molecule has 2 aromatic rings. The molecule has 1 heterocycles. The van der Waals surface area contributed by atoms with Crippen molar-refractivity contribution < 1.29 is 18.1 Å². The van der Waals surface area contributed by atoms with Crippen molar-refractivity contribution >= 4 is 28.9 Å². The third-order valence-electron chi connectivity index (χ3n) is 2.54. The van der Waals surface area contributed by atoms with Crippen LogP contribution in [0.3, 0.4) is 0 Å². The second-order valence-corrected chi connectivity index (χ2v) is 5.21. The van der Waals surface area contributed by atoms with Crippen LogP contribution in [0.1, 0.15) is 16.3 Å². The Morgan fingerprint density at radius 3 is 2.73 bits per heavy atom. The number of halogens is 3. The highest BCUT2D eigenvalue weighted by Gasteiger charge is 2.33. The monoisotopic (exact) mass is 330 g/mol. The van der Waals surface area contributed by atoms with E-state index in [2.05, 4.69) is 15.5 Å². The summed E-state index contributed by atoms with van der Waals surface area (Å²) in [5.74, 6) is 0. The minimum Gasteiger partial charge on any atom is -0.272 e. The number of nitro benzene ring substituents is 1. The zero-order chi connectivity index (χ0) is 16.3. The molecule has 1 N–H and O–H groups in total. The molecule has 0 unspecified atom stereocenters. The molecule has 0 aliphatic rings. The van der Waals surface area contributed by atoms with Gasteiger partial charge in [0.25, 0.3) is 5.69 Å². The predicted molar refractivity (Wildman–Crippen MR) is 76.2 cm³/mol. The Hall–Kier alpha value is -2.49. The van der Waals surface area contributed by atoms with Crippen molar-refractivity contribution in [2.24, 2.45) is 5.10 Å². The largest absolute Gasteiger partial charge is 0.416 e. The summed E-state index contributed by atoms with van der Waals surface area (Å²) in [7, 11) is 0. The fraction of sp³-hybridized carbons (Fsp3) is 0.167. The van der Waals surface area contributed by atoms with Gasteiger partial charge in [0.1, 0.15) is 5.69 Å². The average Bonchev–Trinajstić information content (AvgIpc) is 2.83. The molecular formula is C12H9F3N4O2S. The van der Waals surface area contributed by atoms with Crippen LogP contribution in [-0.2, 0) is 6.18 Å². The maximum Gasteiger partial charge on any atom is 0.416 e. The van der Waals surface area contributed by atoms with Gasteiger partial charge in [-0.25, -0.2) is 4.98 Å². The summed E-state index contributed by atoms with van der Waals surface area (Å²) in [6.07, 6.45) is -3.32. The fourth-order valence-corrected chi connectivity index (χ4v) is 2.12. The number of aromatic nitrogens is 1. The summed E-state index contributed by atoms with van der Waals surface area (Å²) >= 11 is 1.40. The van der Waals surface area contributed by atoms with Gasteiger partial charge in [-0.05, 0) is 19.1 Å². The molecule has 0 aliphatic heterocycles. The first-order valence-corrected chi connectivity index (χ1v) is 6.72. The lowest BCUT2D eigenvalue weighted by molar-refractivity contribution is -0.384. The van der Waals surface area contributed by atoms with E-state index in [0.717, 1.165) is 17.1 Å². The lowest BCUT2D eigenvalue weighted by Gasteiger charge is -2.08. The number of hydrogen-bond acceptors (Lipinski definition) is 6. The highest BCUT2D eigenvalue weighted by atomic mass is 32.1. The van der Waals surface area contributed by atoms with Crippen LogP contribution in [0.4, 0.5) is 24.5 Å². The van der Waals surface area contributed by atoms with Crippen LogP contribution < -0.4 is 5.43 Å². The molecule has 1 aromatic carbocycles. The van der Waals surface area contributed by atoms with Gasteiger partial charge in [0.15, 0.2) is 0 Å². The van der Waals surface area contributed by atoms with E-state index in [1.54, 1.807) is 12.3 Å². The molecule has 0 saturated heterocycles. The Morgan fingerprint density at radius 2 is 2.18 bits per heavy atom. The van der Waals surface area contributed by atoms with Gasteiger partial charge in [0.05, 0.1) is 27.4 Å². The van der Waals surface area contributed by atoms with Crippen molar-refractivity contribution in [3.63, 3.8) is 0 Å². The minimum absolute atomic E-state index is 0.138. The molecular weight excluding hydrogens is 321 g/mol. The molecule has 0 atom stereocenters. The van der Waals surface area contributed by atoms with Gasteiger partial charge in [0, 0.05) is 11.4 Å². The average molecular weight is 330 g/mol. The summed E-state index contributed by atoms with van der Waals surface area (Å²) < 4.78 is 37.7. The van der Waals surface area contributed by atoms with Crippen molar-refractivity contribution in [3.8, 4) is 0 Å². The smallest absolute Gasteiger partial charge is 0.272 e. The first kappa shape index (κ1) is 15.9. The molecule has 1 aromatic heterocycles. The van der Waals surface area contributed by atoms with Gasteiger partial charge in [-0.1, -0.05) is 0 Å². The van der Waals surface area contributed by atoms with Crippen molar-refractivity contribution in [2.45, 2.75) is 13.1 Å². The number of benzene rings is 1. The van der Waals surface area contributed by atoms with Crippen LogP contribution in [0.25, 0.3) is 0 Å². The minimum atomic E-state index is -4.65. The second kappa shape index (κ2) is 6.10. The van der Waals surface area contributed by atoms with Gasteiger partial charge < -0.3 is 0 Å². The lowest BCUT2D eigenvalue weighted by Crippen LogP contribution is -2.06. The number of nitrogens with zero attached hydrogens (tertiary/aromatic N) is 3. The van der Waals surface area contributed by atoms with Crippen LogP contribution in [-0.4, -0.2) is 16.1 Å². The summed E-state index contributed by atoms with van der Waals surface area (Å²) in [6, 6.07) is 2.17. The first-order valence-electron chi connectivity index (χ1n) is 5.84. The number of nitrogens with one attached hydrogen (secondary N) is 1. The number of nitro groups is 1. The van der Waals surface area contributed by atoms with Gasteiger partial charge in [-0.3, -0.25) is 15.5 Å². The van der Waals surface area contributed by atoms with E-state index in [0.29, 0.717) is 11.8 Å². The van der Waals surface area contributed by atoms with E-state index < -0.39 is 22.4 Å². The Kier molecular flexibility index (Phi) is 4.40. The molecule has 2 rings (SSSR count). The zero-order valence-electron chi connectivity index (χ0n) is 11.1. The Bertz CT molecular complexity index is 727. The molecule has 0 bridgehead atoms. The molecule has 0 amide bonds. The van der Waals surface area contributed by atoms with Crippen LogP contribution >= 0.6 is 11.3 Å². The summed E-state index contributed by atoms with van der Waals surface area (Å²) in [4.78, 5) is 14.1. The number of alkyl halides is 3. The van der Waals surface area contributed by atoms with E-state index in [1.165, 1.54) is 17.6 Å². The number of thiazole rings is 1. The van der Waals surface area contributed by atoms with Crippen LogP contribution in [0.15, 0.2) is 28.7 Å². The molecule has 0 spiro atoms. The molecule has 116 valence electrons.